The van der Waals surface area contributed by atoms with Gasteiger partial charge in [-0.25, -0.2) is 0 Å². The van der Waals surface area contributed by atoms with Crippen LogP contribution < -0.4 is 5.32 Å². The molecule has 0 bridgehead atoms. The summed E-state index contributed by atoms with van der Waals surface area (Å²) in [6.45, 7) is 2.18. The Bertz CT molecular complexity index is 1990. The molecule has 0 radical (unpaired) electrons. The van der Waals surface area contributed by atoms with E-state index in [2.05, 4.69) is 97.2 Å². The van der Waals surface area contributed by atoms with Gasteiger partial charge in [0.1, 0.15) is 5.58 Å². The Kier molecular flexibility index (Phi) is 7.18. The molecule has 1 heterocycles. The minimum Gasteiger partial charge on any atom is -0.454 e. The van der Waals surface area contributed by atoms with E-state index in [1.165, 1.54) is 0 Å². The third kappa shape index (κ3) is 5.28. The van der Waals surface area contributed by atoms with E-state index in [-0.39, 0.29) is 6.04 Å². The van der Waals surface area contributed by atoms with Crippen molar-refractivity contribution in [1.82, 2.24) is 0 Å². The normalized spacial score (nSPS) is 18.3. The smallest absolute Gasteiger partial charge is 0.159 e. The van der Waals surface area contributed by atoms with Gasteiger partial charge in [0.2, 0.25) is 0 Å². The number of aliphatic imine (C=N–C) groups is 1. The topological polar surface area (TPSA) is 61.4 Å². The van der Waals surface area contributed by atoms with Crippen LogP contribution in [-0.2, 0) is 0 Å². The average molecular weight is 560 g/mol. The van der Waals surface area contributed by atoms with Crippen LogP contribution in [0.3, 0.4) is 0 Å². The number of allylic oxidation sites excluding steroid dienone is 6. The summed E-state index contributed by atoms with van der Waals surface area (Å²) >= 11 is 0. The monoisotopic (exact) mass is 559 g/mol. The zero-order valence-electron chi connectivity index (χ0n) is 24.1. The van der Waals surface area contributed by atoms with E-state index >= 15 is 0 Å². The lowest BCUT2D eigenvalue weighted by Crippen LogP contribution is -2.18. The standard InChI is InChI=1S/C39H33N3O/c1-26-11-5-6-14-30(26)37(40)34-16-7-9-17-35(34)41-25-27-19-21-29(22-20-27)42-38-31(28-12-3-2-4-13-28)23-24-33-32-15-8-10-18-36(32)43-39(33)38/h2-10,12-21,23-26,29,40,42H,11,22H2,1H3. The summed E-state index contributed by atoms with van der Waals surface area (Å²) in [5.41, 5.74) is 9.38. The van der Waals surface area contributed by atoms with Crippen molar-refractivity contribution in [3.05, 3.63) is 144 Å². The summed E-state index contributed by atoms with van der Waals surface area (Å²) in [4.78, 5) is 4.83. The van der Waals surface area contributed by atoms with Crippen LogP contribution in [0, 0.1) is 11.3 Å². The first-order valence-electron chi connectivity index (χ1n) is 14.9. The third-order valence-electron chi connectivity index (χ3n) is 8.34. The maximum Gasteiger partial charge on any atom is 0.159 e. The van der Waals surface area contributed by atoms with Crippen LogP contribution in [0.5, 0.6) is 0 Å². The maximum atomic E-state index is 8.90. The summed E-state index contributed by atoms with van der Waals surface area (Å²) in [7, 11) is 0. The molecule has 210 valence electrons. The minimum absolute atomic E-state index is 0.103. The molecule has 2 unspecified atom stereocenters. The van der Waals surface area contributed by atoms with Crippen molar-refractivity contribution in [3.63, 3.8) is 0 Å². The lowest BCUT2D eigenvalue weighted by Gasteiger charge is -2.21. The maximum absolute atomic E-state index is 8.90. The number of fused-ring (bicyclic) bond motifs is 3. The Labute approximate surface area is 252 Å². The Morgan fingerprint density at radius 1 is 0.907 bits per heavy atom. The summed E-state index contributed by atoms with van der Waals surface area (Å²) in [6.07, 6.45) is 16.5. The molecule has 2 aliphatic rings. The number of hydrogen-bond donors (Lipinski definition) is 2. The number of hydrogen-bond acceptors (Lipinski definition) is 4. The van der Waals surface area contributed by atoms with Crippen LogP contribution in [0.25, 0.3) is 33.1 Å². The van der Waals surface area contributed by atoms with Crippen molar-refractivity contribution in [2.75, 3.05) is 5.32 Å². The van der Waals surface area contributed by atoms with Gasteiger partial charge >= 0.3 is 0 Å². The number of anilines is 1. The molecule has 1 aromatic heterocycles. The second-order valence-electron chi connectivity index (χ2n) is 11.2. The van der Waals surface area contributed by atoms with Crippen LogP contribution in [-0.4, -0.2) is 18.0 Å². The summed E-state index contributed by atoms with van der Waals surface area (Å²) < 4.78 is 6.43. The lowest BCUT2D eigenvalue weighted by molar-refractivity contribution is 0.669. The van der Waals surface area contributed by atoms with Gasteiger partial charge in [-0.05, 0) is 53.7 Å². The van der Waals surface area contributed by atoms with Gasteiger partial charge in [-0.2, -0.15) is 0 Å². The van der Waals surface area contributed by atoms with E-state index in [4.69, 9.17) is 14.8 Å². The largest absolute Gasteiger partial charge is 0.454 e. The predicted octanol–water partition coefficient (Wildman–Crippen LogP) is 10.2. The van der Waals surface area contributed by atoms with E-state index in [1.54, 1.807) is 0 Å². The predicted molar refractivity (Wildman–Crippen MR) is 181 cm³/mol. The van der Waals surface area contributed by atoms with Crippen molar-refractivity contribution in [1.29, 1.82) is 5.41 Å². The summed E-state index contributed by atoms with van der Waals surface area (Å²) in [6, 6.07) is 31.1. The molecule has 2 aliphatic carbocycles. The number of furan rings is 1. The molecule has 43 heavy (non-hydrogen) atoms. The molecule has 0 spiro atoms. The molecular weight excluding hydrogens is 526 g/mol. The van der Waals surface area contributed by atoms with E-state index in [0.29, 0.717) is 11.6 Å². The highest BCUT2D eigenvalue weighted by Crippen LogP contribution is 2.40. The molecule has 0 saturated carbocycles. The molecule has 0 amide bonds. The lowest BCUT2D eigenvalue weighted by atomic mass is 9.87. The van der Waals surface area contributed by atoms with Gasteiger partial charge in [-0.1, -0.05) is 116 Å². The highest BCUT2D eigenvalue weighted by Gasteiger charge is 2.20. The first-order valence-corrected chi connectivity index (χ1v) is 14.9. The van der Waals surface area contributed by atoms with Crippen LogP contribution in [0.15, 0.2) is 148 Å². The molecule has 2 atom stereocenters. The Morgan fingerprint density at radius 3 is 2.56 bits per heavy atom. The molecule has 4 aromatic carbocycles. The minimum atomic E-state index is 0.103. The Hall–Kier alpha value is -5.22. The highest BCUT2D eigenvalue weighted by molar-refractivity contribution is 6.14. The molecule has 4 nitrogen and oxygen atoms in total. The fourth-order valence-electron chi connectivity index (χ4n) is 5.99. The van der Waals surface area contributed by atoms with Gasteiger partial charge < -0.3 is 9.73 Å². The first kappa shape index (κ1) is 26.7. The molecule has 5 aromatic rings. The van der Waals surface area contributed by atoms with E-state index in [1.807, 2.05) is 48.7 Å². The second-order valence-corrected chi connectivity index (χ2v) is 11.2. The molecule has 0 saturated heterocycles. The SMILES string of the molecule is CC1CC=CC=C1C(=N)c1ccccc1N=CC1=CCC(Nc2c(-c3ccccc3)ccc3c2oc2ccccc23)C=C1. The Balaban J connectivity index is 1.14. The van der Waals surface area contributed by atoms with Crippen molar-refractivity contribution < 1.29 is 4.42 Å². The van der Waals surface area contributed by atoms with E-state index in [9.17, 15) is 0 Å². The van der Waals surface area contributed by atoms with Crippen LogP contribution in [0.4, 0.5) is 11.4 Å². The van der Waals surface area contributed by atoms with Crippen molar-refractivity contribution in [3.8, 4) is 11.1 Å². The molecule has 2 N–H and O–H groups in total. The van der Waals surface area contributed by atoms with Crippen LogP contribution >= 0.6 is 0 Å². The third-order valence-corrected chi connectivity index (χ3v) is 8.34. The zero-order valence-corrected chi connectivity index (χ0v) is 24.1. The number of nitrogens with zero attached hydrogens (tertiary/aromatic N) is 1. The first-order chi connectivity index (χ1) is 21.2. The zero-order chi connectivity index (χ0) is 29.2. The summed E-state index contributed by atoms with van der Waals surface area (Å²) in [5.74, 6) is 0.329. The van der Waals surface area contributed by atoms with Crippen molar-refractivity contribution in [2.45, 2.75) is 25.8 Å². The molecule has 7 rings (SSSR count). The Morgan fingerprint density at radius 2 is 1.72 bits per heavy atom. The summed E-state index contributed by atoms with van der Waals surface area (Å²) in [5, 5.41) is 14.9. The van der Waals surface area contributed by atoms with Crippen molar-refractivity contribution >= 4 is 45.2 Å². The average Bonchev–Trinajstić information content (AvgIpc) is 3.44. The fourth-order valence-corrected chi connectivity index (χ4v) is 5.99. The van der Waals surface area contributed by atoms with Gasteiger partial charge in [0, 0.05) is 34.2 Å². The molecular formula is C39H33N3O. The van der Waals surface area contributed by atoms with Gasteiger partial charge in [0.05, 0.1) is 17.1 Å². The number of nitrogens with one attached hydrogen (secondary N) is 2. The van der Waals surface area contributed by atoms with Crippen LogP contribution in [0.1, 0.15) is 25.3 Å². The second kappa shape index (κ2) is 11.6. The van der Waals surface area contributed by atoms with E-state index < -0.39 is 0 Å². The molecule has 0 aliphatic heterocycles. The fraction of sp³-hybridized carbons (Fsp3) is 0.128. The van der Waals surface area contributed by atoms with Gasteiger partial charge in [-0.3, -0.25) is 10.4 Å². The highest BCUT2D eigenvalue weighted by atomic mass is 16.3. The molecule has 0 fully saturated rings. The van der Waals surface area contributed by atoms with Crippen LogP contribution in [0.2, 0.25) is 0 Å². The van der Waals surface area contributed by atoms with Gasteiger partial charge in [-0.15, -0.1) is 0 Å². The quantitative estimate of drug-likeness (QED) is 0.195. The van der Waals surface area contributed by atoms with Gasteiger partial charge in [0.25, 0.3) is 0 Å². The van der Waals surface area contributed by atoms with Gasteiger partial charge in [0.15, 0.2) is 5.58 Å². The van der Waals surface area contributed by atoms with Crippen molar-refractivity contribution in [2.24, 2.45) is 10.9 Å². The molecule has 4 heteroatoms. The number of benzene rings is 4. The number of rotatable bonds is 7. The van der Waals surface area contributed by atoms with E-state index in [0.717, 1.165) is 74.0 Å². The number of para-hydroxylation sites is 2.